The number of fused-ring (bicyclic) bond motifs is 1. The molecule has 1 saturated carbocycles. The van der Waals surface area contributed by atoms with Gasteiger partial charge in [0.1, 0.15) is 12.0 Å². The molecule has 0 bridgehead atoms. The van der Waals surface area contributed by atoms with E-state index in [1.165, 1.54) is 0 Å². The molecule has 1 aromatic rings. The van der Waals surface area contributed by atoms with Gasteiger partial charge in [0, 0.05) is 42.4 Å². The zero-order chi connectivity index (χ0) is 23.4. The lowest BCUT2D eigenvalue weighted by Gasteiger charge is -2.25. The molecule has 2 amide bonds. The number of methoxy groups -OCH3 is 1. The second-order valence-electron chi connectivity index (χ2n) is 9.52. The topological polar surface area (TPSA) is 102 Å². The van der Waals surface area contributed by atoms with E-state index in [4.69, 9.17) is 4.74 Å². The number of benzene rings is 1. The molecule has 0 radical (unpaired) electrons. The molecule has 7 nitrogen and oxygen atoms in total. The van der Waals surface area contributed by atoms with Crippen molar-refractivity contribution in [3.05, 3.63) is 34.9 Å². The van der Waals surface area contributed by atoms with Crippen LogP contribution >= 0.6 is 0 Å². The van der Waals surface area contributed by atoms with Crippen LogP contribution in [0, 0.1) is 17.8 Å². The third-order valence-electron chi connectivity index (χ3n) is 6.97. The van der Waals surface area contributed by atoms with Crippen molar-refractivity contribution in [2.75, 3.05) is 13.7 Å². The molecule has 0 aromatic heterocycles. The molecule has 4 rings (SSSR count). The first-order chi connectivity index (χ1) is 16.0. The van der Waals surface area contributed by atoms with Crippen molar-refractivity contribution in [2.45, 2.75) is 57.4 Å². The highest BCUT2D eigenvalue weighted by atomic mass is 16.5. The minimum absolute atomic E-state index is 0.0356. The highest BCUT2D eigenvalue weighted by Gasteiger charge is 2.34. The highest BCUT2D eigenvalue weighted by molar-refractivity contribution is 6.03. The standard InChI is InChI=1S/C26H32N2O5/c1-33-24-6-2-4-18-13-20(14-21(18)24)26(32)28-22(11-16-7-8-16)23(30)12-17(15-29)10-19-5-3-9-27-25(19)31/h2,4,6,14-17,19,22H,3,5,7-13H2,1H3,(H,27,31)(H,28,32). The van der Waals surface area contributed by atoms with Gasteiger partial charge >= 0.3 is 0 Å². The number of piperidine rings is 1. The van der Waals surface area contributed by atoms with Crippen LogP contribution in [0.3, 0.4) is 0 Å². The fourth-order valence-electron chi connectivity index (χ4n) is 4.88. The molecule has 2 fully saturated rings. The number of ether oxygens (including phenoxy) is 1. The molecule has 1 aromatic carbocycles. The monoisotopic (exact) mass is 452 g/mol. The van der Waals surface area contributed by atoms with Crippen LogP contribution in [0.2, 0.25) is 0 Å². The van der Waals surface area contributed by atoms with E-state index in [0.717, 1.165) is 48.8 Å². The number of carbonyl (C=O) groups is 4. The van der Waals surface area contributed by atoms with Gasteiger partial charge in [0.05, 0.1) is 13.2 Å². The molecule has 1 aliphatic heterocycles. The Hall–Kier alpha value is -2.96. The maximum absolute atomic E-state index is 13.2. The fraction of sp³-hybridized carbons (Fsp3) is 0.538. The Kier molecular flexibility index (Phi) is 7.26. The molecular formula is C26H32N2O5. The maximum atomic E-state index is 13.2. The number of rotatable bonds is 11. The first kappa shape index (κ1) is 23.2. The van der Waals surface area contributed by atoms with Crippen LogP contribution in [0.4, 0.5) is 0 Å². The smallest absolute Gasteiger partial charge is 0.248 e. The largest absolute Gasteiger partial charge is 0.496 e. The molecule has 1 saturated heterocycles. The summed E-state index contributed by atoms with van der Waals surface area (Å²) in [6, 6.07) is 5.12. The summed E-state index contributed by atoms with van der Waals surface area (Å²) in [4.78, 5) is 50.0. The van der Waals surface area contributed by atoms with Crippen molar-refractivity contribution in [3.63, 3.8) is 0 Å². The molecule has 3 unspecified atom stereocenters. The van der Waals surface area contributed by atoms with Crippen molar-refractivity contribution < 1.29 is 23.9 Å². The van der Waals surface area contributed by atoms with Gasteiger partial charge in [-0.25, -0.2) is 0 Å². The zero-order valence-corrected chi connectivity index (χ0v) is 19.1. The molecular weight excluding hydrogens is 420 g/mol. The Labute approximate surface area is 194 Å². The van der Waals surface area contributed by atoms with Gasteiger partial charge in [-0.2, -0.15) is 0 Å². The van der Waals surface area contributed by atoms with E-state index in [-0.39, 0.29) is 29.9 Å². The van der Waals surface area contributed by atoms with Crippen molar-refractivity contribution in [1.82, 2.24) is 10.6 Å². The third kappa shape index (κ3) is 5.70. The van der Waals surface area contributed by atoms with Gasteiger partial charge in [-0.1, -0.05) is 25.0 Å². The van der Waals surface area contributed by atoms with Gasteiger partial charge in [0.15, 0.2) is 5.78 Å². The molecule has 0 spiro atoms. The van der Waals surface area contributed by atoms with Gasteiger partial charge in [0.25, 0.3) is 0 Å². The number of hydrogen-bond donors (Lipinski definition) is 2. The van der Waals surface area contributed by atoms with E-state index in [9.17, 15) is 19.2 Å². The highest BCUT2D eigenvalue weighted by Crippen LogP contribution is 2.35. The van der Waals surface area contributed by atoms with Gasteiger partial charge in [-0.3, -0.25) is 14.4 Å². The Morgan fingerprint density at radius 2 is 2.06 bits per heavy atom. The summed E-state index contributed by atoms with van der Waals surface area (Å²) in [5.41, 5.74) is 2.53. The number of ketones is 1. The first-order valence-corrected chi connectivity index (χ1v) is 11.9. The SMILES string of the molecule is COc1cccc2c1C=C(C(=O)NC(CC1CC1)C(=O)CC(C=O)CC1CCCNC1=O)C2. The number of amides is 2. The molecule has 2 aliphatic carbocycles. The number of carbonyl (C=O) groups excluding carboxylic acids is 4. The van der Waals surface area contributed by atoms with Crippen LogP contribution in [0.25, 0.3) is 6.08 Å². The summed E-state index contributed by atoms with van der Waals surface area (Å²) in [5.74, 6) is 0.0132. The van der Waals surface area contributed by atoms with Gasteiger partial charge < -0.3 is 20.2 Å². The third-order valence-corrected chi connectivity index (χ3v) is 6.97. The van der Waals surface area contributed by atoms with E-state index in [2.05, 4.69) is 10.6 Å². The summed E-state index contributed by atoms with van der Waals surface area (Å²) < 4.78 is 5.40. The Bertz CT molecular complexity index is 965. The van der Waals surface area contributed by atoms with Crippen molar-refractivity contribution in [1.29, 1.82) is 0 Å². The molecule has 176 valence electrons. The van der Waals surface area contributed by atoms with E-state index in [1.807, 2.05) is 24.3 Å². The van der Waals surface area contributed by atoms with Crippen molar-refractivity contribution in [2.24, 2.45) is 17.8 Å². The summed E-state index contributed by atoms with van der Waals surface area (Å²) in [5, 5.41) is 5.78. The minimum atomic E-state index is -0.612. The lowest BCUT2D eigenvalue weighted by Crippen LogP contribution is -2.43. The normalized spacial score (nSPS) is 21.3. The minimum Gasteiger partial charge on any atom is -0.496 e. The summed E-state index contributed by atoms with van der Waals surface area (Å²) in [6.07, 6.45) is 7.90. The zero-order valence-electron chi connectivity index (χ0n) is 19.1. The van der Waals surface area contributed by atoms with Gasteiger partial charge in [0.2, 0.25) is 11.8 Å². The molecule has 3 atom stereocenters. The summed E-state index contributed by atoms with van der Waals surface area (Å²) >= 11 is 0. The predicted molar refractivity (Wildman–Crippen MR) is 123 cm³/mol. The van der Waals surface area contributed by atoms with Crippen LogP contribution in [0.15, 0.2) is 23.8 Å². The van der Waals surface area contributed by atoms with E-state index in [1.54, 1.807) is 7.11 Å². The predicted octanol–water partition coefficient (Wildman–Crippen LogP) is 2.61. The number of nitrogens with one attached hydrogen (secondary N) is 2. The van der Waals surface area contributed by atoms with Crippen LogP contribution in [-0.2, 0) is 25.6 Å². The average Bonchev–Trinajstić information content (AvgIpc) is 3.53. The summed E-state index contributed by atoms with van der Waals surface area (Å²) in [6.45, 7) is 0.668. The van der Waals surface area contributed by atoms with Gasteiger partial charge in [-0.15, -0.1) is 0 Å². The first-order valence-electron chi connectivity index (χ1n) is 11.9. The van der Waals surface area contributed by atoms with Crippen LogP contribution in [0.1, 0.15) is 56.1 Å². The van der Waals surface area contributed by atoms with E-state index < -0.39 is 12.0 Å². The average molecular weight is 453 g/mol. The second kappa shape index (κ2) is 10.3. The van der Waals surface area contributed by atoms with Crippen LogP contribution < -0.4 is 15.4 Å². The molecule has 7 heteroatoms. The van der Waals surface area contributed by atoms with Crippen molar-refractivity contribution in [3.8, 4) is 5.75 Å². The van der Waals surface area contributed by atoms with Gasteiger partial charge in [-0.05, 0) is 49.3 Å². The summed E-state index contributed by atoms with van der Waals surface area (Å²) in [7, 11) is 1.60. The molecule has 3 aliphatic rings. The van der Waals surface area contributed by atoms with Crippen LogP contribution in [-0.4, -0.2) is 43.6 Å². The maximum Gasteiger partial charge on any atom is 0.248 e. The molecule has 2 N–H and O–H groups in total. The fourth-order valence-corrected chi connectivity index (χ4v) is 4.88. The van der Waals surface area contributed by atoms with E-state index in [0.29, 0.717) is 37.3 Å². The quantitative estimate of drug-likeness (QED) is 0.503. The Morgan fingerprint density at radius 1 is 1.24 bits per heavy atom. The Balaban J connectivity index is 1.40. The second-order valence-corrected chi connectivity index (χ2v) is 9.52. The molecule has 1 heterocycles. The lowest BCUT2D eigenvalue weighted by molar-refractivity contribution is -0.130. The number of Topliss-reactive ketones (excluding diaryl/α,β-unsaturated/α-hetero) is 1. The number of hydrogen-bond acceptors (Lipinski definition) is 5. The van der Waals surface area contributed by atoms with Crippen LogP contribution in [0.5, 0.6) is 5.75 Å². The van der Waals surface area contributed by atoms with E-state index >= 15 is 0 Å². The van der Waals surface area contributed by atoms with Crippen molar-refractivity contribution >= 4 is 30.0 Å². The molecule has 33 heavy (non-hydrogen) atoms. The lowest BCUT2D eigenvalue weighted by atomic mass is 9.85. The Morgan fingerprint density at radius 3 is 2.76 bits per heavy atom. The number of aldehydes is 1.